The summed E-state index contributed by atoms with van der Waals surface area (Å²) in [5.74, 6) is 1.51. The first-order chi connectivity index (χ1) is 13.2. The zero-order valence-electron chi connectivity index (χ0n) is 14.7. The minimum Gasteiger partial charge on any atom is -0.305 e. The van der Waals surface area contributed by atoms with Gasteiger partial charge in [0.15, 0.2) is 11.5 Å². The molecule has 1 fully saturated rings. The Hall–Kier alpha value is -3.55. The van der Waals surface area contributed by atoms with Crippen molar-refractivity contribution in [2.75, 3.05) is 5.32 Å². The van der Waals surface area contributed by atoms with Crippen LogP contribution in [-0.2, 0) is 0 Å². The van der Waals surface area contributed by atoms with Gasteiger partial charge in [0, 0.05) is 12.0 Å². The number of nitrogens with zero attached hydrogens (tertiary/aromatic N) is 6. The van der Waals surface area contributed by atoms with Crippen molar-refractivity contribution < 1.29 is 4.79 Å². The number of hydrogen-bond donors (Lipinski definition) is 1. The predicted octanol–water partition coefficient (Wildman–Crippen LogP) is 2.75. The number of anilines is 1. The molecule has 0 spiro atoms. The molecule has 27 heavy (non-hydrogen) atoms. The van der Waals surface area contributed by atoms with Crippen LogP contribution in [0.3, 0.4) is 0 Å². The van der Waals surface area contributed by atoms with Crippen LogP contribution in [-0.4, -0.2) is 35.5 Å². The van der Waals surface area contributed by atoms with E-state index in [0.717, 1.165) is 30.0 Å². The molecule has 1 aliphatic rings. The summed E-state index contributed by atoms with van der Waals surface area (Å²) in [4.78, 5) is 12.8. The van der Waals surface area contributed by atoms with Crippen LogP contribution in [0.1, 0.15) is 40.8 Å². The first-order valence-electron chi connectivity index (χ1n) is 8.85. The van der Waals surface area contributed by atoms with E-state index in [1.54, 1.807) is 21.3 Å². The maximum absolute atomic E-state index is 12.8. The highest BCUT2D eigenvalue weighted by atomic mass is 16.2. The second-order valence-electron chi connectivity index (χ2n) is 6.69. The zero-order chi connectivity index (χ0) is 18.4. The highest BCUT2D eigenvalue weighted by Crippen LogP contribution is 2.38. The summed E-state index contributed by atoms with van der Waals surface area (Å²) >= 11 is 0. The summed E-state index contributed by atoms with van der Waals surface area (Å²) in [6.45, 7) is 1.89. The van der Waals surface area contributed by atoms with Gasteiger partial charge in [0.05, 0.1) is 11.4 Å². The topological polar surface area (TPSA) is 90.0 Å². The van der Waals surface area contributed by atoms with E-state index in [1.165, 1.54) is 0 Å². The number of nitrogens with one attached hydrogen (secondary N) is 1. The first kappa shape index (κ1) is 15.7. The maximum atomic E-state index is 12.8. The van der Waals surface area contributed by atoms with Gasteiger partial charge in [-0.3, -0.25) is 4.79 Å². The third kappa shape index (κ3) is 2.84. The molecule has 3 aromatic heterocycles. The Morgan fingerprint density at radius 3 is 2.67 bits per heavy atom. The van der Waals surface area contributed by atoms with Gasteiger partial charge in [-0.2, -0.15) is 14.7 Å². The molecule has 0 bridgehead atoms. The normalized spacial score (nSPS) is 13.8. The molecule has 8 nitrogen and oxygen atoms in total. The SMILES string of the molecule is Cc1cc(NC(=O)c2ccc3nnc(C4CC4)n3n2)n(-c2ccccc2)n1. The van der Waals surface area contributed by atoms with Gasteiger partial charge in [0.1, 0.15) is 11.5 Å². The molecule has 0 atom stereocenters. The van der Waals surface area contributed by atoms with E-state index < -0.39 is 0 Å². The fraction of sp³-hybridized carbons (Fsp3) is 0.211. The monoisotopic (exact) mass is 359 g/mol. The molecule has 1 amide bonds. The van der Waals surface area contributed by atoms with Crippen molar-refractivity contribution >= 4 is 17.4 Å². The molecule has 0 radical (unpaired) electrons. The van der Waals surface area contributed by atoms with Crippen LogP contribution >= 0.6 is 0 Å². The number of carbonyl (C=O) groups is 1. The number of aryl methyl sites for hydroxylation is 1. The molecule has 8 heteroatoms. The largest absolute Gasteiger partial charge is 0.305 e. The van der Waals surface area contributed by atoms with E-state index in [9.17, 15) is 4.79 Å². The molecular weight excluding hydrogens is 342 g/mol. The van der Waals surface area contributed by atoms with Gasteiger partial charge in [0.25, 0.3) is 5.91 Å². The van der Waals surface area contributed by atoms with Crippen molar-refractivity contribution in [3.63, 3.8) is 0 Å². The van der Waals surface area contributed by atoms with Crippen LogP contribution in [0.25, 0.3) is 11.3 Å². The van der Waals surface area contributed by atoms with Gasteiger partial charge >= 0.3 is 0 Å². The summed E-state index contributed by atoms with van der Waals surface area (Å²) < 4.78 is 3.38. The Bertz CT molecular complexity index is 1140. The zero-order valence-corrected chi connectivity index (χ0v) is 14.7. The summed E-state index contributed by atoms with van der Waals surface area (Å²) in [6, 6.07) is 14.9. The van der Waals surface area contributed by atoms with Gasteiger partial charge < -0.3 is 5.32 Å². The Labute approximate surface area is 154 Å². The molecule has 0 aliphatic heterocycles. The number of aromatic nitrogens is 6. The van der Waals surface area contributed by atoms with Gasteiger partial charge in [-0.1, -0.05) is 18.2 Å². The van der Waals surface area contributed by atoms with E-state index in [2.05, 4.69) is 25.7 Å². The highest BCUT2D eigenvalue weighted by molar-refractivity contribution is 6.02. The maximum Gasteiger partial charge on any atom is 0.277 e. The van der Waals surface area contributed by atoms with Gasteiger partial charge in [0.2, 0.25) is 0 Å². The Morgan fingerprint density at radius 1 is 1.07 bits per heavy atom. The lowest BCUT2D eigenvalue weighted by molar-refractivity contribution is 0.102. The number of benzene rings is 1. The molecule has 3 heterocycles. The molecule has 0 saturated heterocycles. The average molecular weight is 359 g/mol. The number of para-hydroxylation sites is 1. The lowest BCUT2D eigenvalue weighted by Gasteiger charge is -2.08. The minimum atomic E-state index is -0.301. The van der Waals surface area contributed by atoms with Crippen molar-refractivity contribution in [2.24, 2.45) is 0 Å². The smallest absolute Gasteiger partial charge is 0.277 e. The van der Waals surface area contributed by atoms with Gasteiger partial charge in [-0.15, -0.1) is 10.2 Å². The fourth-order valence-corrected chi connectivity index (χ4v) is 3.06. The molecule has 4 aromatic rings. The second-order valence-corrected chi connectivity index (χ2v) is 6.69. The second kappa shape index (κ2) is 6.01. The van der Waals surface area contributed by atoms with E-state index in [1.807, 2.05) is 43.3 Å². The molecule has 134 valence electrons. The number of amides is 1. The van der Waals surface area contributed by atoms with E-state index in [0.29, 0.717) is 23.1 Å². The van der Waals surface area contributed by atoms with Crippen molar-refractivity contribution in [3.05, 3.63) is 65.7 Å². The summed E-state index contributed by atoms with van der Waals surface area (Å²) in [5.41, 5.74) is 2.65. The Balaban J connectivity index is 1.47. The lowest BCUT2D eigenvalue weighted by atomic mass is 10.3. The number of carbonyl (C=O) groups excluding carboxylic acids is 1. The van der Waals surface area contributed by atoms with Crippen molar-refractivity contribution in [2.45, 2.75) is 25.7 Å². The molecule has 5 rings (SSSR count). The molecule has 1 N–H and O–H groups in total. The Kier molecular flexibility index (Phi) is 3.49. The molecule has 1 saturated carbocycles. The van der Waals surface area contributed by atoms with Crippen LogP contribution in [0.15, 0.2) is 48.5 Å². The summed E-state index contributed by atoms with van der Waals surface area (Å²) in [7, 11) is 0. The molecule has 0 unspecified atom stereocenters. The lowest BCUT2D eigenvalue weighted by Crippen LogP contribution is -2.18. The third-order valence-electron chi connectivity index (χ3n) is 4.54. The van der Waals surface area contributed by atoms with Crippen molar-refractivity contribution in [3.8, 4) is 5.69 Å². The fourth-order valence-electron chi connectivity index (χ4n) is 3.06. The quantitative estimate of drug-likeness (QED) is 0.605. The highest BCUT2D eigenvalue weighted by Gasteiger charge is 2.29. The van der Waals surface area contributed by atoms with Gasteiger partial charge in [-0.05, 0) is 44.0 Å². The minimum absolute atomic E-state index is 0.301. The standard InChI is InChI=1S/C19H17N7O/c1-12-11-17(25(23-12)14-5-3-2-4-6-14)20-19(27)15-9-10-16-21-22-18(13-7-8-13)26(16)24-15/h2-6,9-11,13H,7-8H2,1H3,(H,20,27). The molecule has 1 aliphatic carbocycles. The van der Waals surface area contributed by atoms with E-state index in [-0.39, 0.29) is 5.91 Å². The van der Waals surface area contributed by atoms with Crippen LogP contribution in [0, 0.1) is 6.92 Å². The molecular formula is C19H17N7O. The first-order valence-corrected chi connectivity index (χ1v) is 8.85. The van der Waals surface area contributed by atoms with Crippen LogP contribution < -0.4 is 5.32 Å². The van der Waals surface area contributed by atoms with Crippen LogP contribution in [0.4, 0.5) is 5.82 Å². The van der Waals surface area contributed by atoms with E-state index >= 15 is 0 Å². The summed E-state index contributed by atoms with van der Waals surface area (Å²) in [5, 5.41) is 20.2. The van der Waals surface area contributed by atoms with E-state index in [4.69, 9.17) is 0 Å². The summed E-state index contributed by atoms with van der Waals surface area (Å²) in [6.07, 6.45) is 2.18. The Morgan fingerprint density at radius 2 is 1.89 bits per heavy atom. The number of hydrogen-bond acceptors (Lipinski definition) is 5. The third-order valence-corrected chi connectivity index (χ3v) is 4.54. The van der Waals surface area contributed by atoms with Crippen molar-refractivity contribution in [1.82, 2.24) is 29.6 Å². The predicted molar refractivity (Wildman–Crippen MR) is 99.0 cm³/mol. The number of fused-ring (bicyclic) bond motifs is 1. The number of rotatable bonds is 4. The molecule has 1 aromatic carbocycles. The van der Waals surface area contributed by atoms with Crippen molar-refractivity contribution in [1.29, 1.82) is 0 Å². The van der Waals surface area contributed by atoms with Crippen LogP contribution in [0.5, 0.6) is 0 Å². The average Bonchev–Trinajstić information content (AvgIpc) is 3.34. The van der Waals surface area contributed by atoms with Gasteiger partial charge in [-0.25, -0.2) is 4.68 Å². The van der Waals surface area contributed by atoms with Crippen LogP contribution in [0.2, 0.25) is 0 Å².